The van der Waals surface area contributed by atoms with Gasteiger partial charge in [0.25, 0.3) is 5.91 Å². The van der Waals surface area contributed by atoms with Crippen molar-refractivity contribution in [2.24, 2.45) is 5.92 Å². The third-order valence-corrected chi connectivity index (χ3v) is 4.68. The van der Waals surface area contributed by atoms with Crippen LogP contribution in [-0.2, 0) is 14.3 Å². The van der Waals surface area contributed by atoms with Crippen LogP contribution in [0.3, 0.4) is 0 Å². The Labute approximate surface area is 140 Å². The van der Waals surface area contributed by atoms with Crippen LogP contribution in [0.2, 0.25) is 0 Å². The number of amides is 2. The molecule has 2 aliphatic rings. The van der Waals surface area contributed by atoms with E-state index >= 15 is 0 Å². The van der Waals surface area contributed by atoms with E-state index < -0.39 is 0 Å². The lowest BCUT2D eigenvalue weighted by atomic mass is 9.79. The number of carbonyl (C=O) groups is 2. The number of aromatic nitrogens is 2. The second-order valence-electron chi connectivity index (χ2n) is 6.22. The number of nitrogens with one attached hydrogen (secondary N) is 1. The molecular formula is C16H22N4O4. The maximum absolute atomic E-state index is 12.3. The maximum atomic E-state index is 12.3. The number of likely N-dealkylation sites (tertiary alicyclic amines) is 1. The summed E-state index contributed by atoms with van der Waals surface area (Å²) in [7, 11) is 1.50. The van der Waals surface area contributed by atoms with E-state index in [4.69, 9.17) is 9.47 Å². The summed E-state index contributed by atoms with van der Waals surface area (Å²) in [6.07, 6.45) is 6.32. The van der Waals surface area contributed by atoms with E-state index in [1.54, 1.807) is 11.1 Å². The number of rotatable bonds is 6. The largest absolute Gasteiger partial charge is 0.375 e. The Morgan fingerprint density at radius 2 is 2.29 bits per heavy atom. The van der Waals surface area contributed by atoms with Crippen molar-refractivity contribution in [3.8, 4) is 0 Å². The van der Waals surface area contributed by atoms with Gasteiger partial charge in [0, 0.05) is 32.7 Å². The zero-order chi connectivity index (χ0) is 17.0. The molecule has 24 heavy (non-hydrogen) atoms. The van der Waals surface area contributed by atoms with Gasteiger partial charge in [-0.3, -0.25) is 14.6 Å². The van der Waals surface area contributed by atoms with Crippen LogP contribution in [0.1, 0.15) is 23.3 Å². The highest BCUT2D eigenvalue weighted by atomic mass is 16.5. The molecular weight excluding hydrogens is 312 g/mol. The highest BCUT2D eigenvalue weighted by Crippen LogP contribution is 2.41. The number of hydrogen-bond donors (Lipinski definition) is 1. The monoisotopic (exact) mass is 334 g/mol. The average molecular weight is 334 g/mol. The minimum absolute atomic E-state index is 0.0761. The van der Waals surface area contributed by atoms with Crippen LogP contribution in [0.4, 0.5) is 0 Å². The standard InChI is InChI=1S/C16H22N4O4/c1-23-9-14(21)19-4-2-12-3-7-24-16(12)10-20(11-16)15(22)13-8-17-5-6-18-13/h5-6,8,12H,2-4,7,9-11H2,1H3,(H,19,21). The van der Waals surface area contributed by atoms with Crippen molar-refractivity contribution < 1.29 is 19.1 Å². The summed E-state index contributed by atoms with van der Waals surface area (Å²) >= 11 is 0. The predicted molar refractivity (Wildman–Crippen MR) is 84.2 cm³/mol. The fraction of sp³-hybridized carbons (Fsp3) is 0.625. The smallest absolute Gasteiger partial charge is 0.274 e. The van der Waals surface area contributed by atoms with Gasteiger partial charge >= 0.3 is 0 Å². The van der Waals surface area contributed by atoms with E-state index in [-0.39, 0.29) is 24.0 Å². The van der Waals surface area contributed by atoms with Crippen LogP contribution in [0.25, 0.3) is 0 Å². The molecule has 0 aromatic carbocycles. The third kappa shape index (κ3) is 3.39. The molecule has 1 atom stereocenters. The zero-order valence-corrected chi connectivity index (χ0v) is 13.7. The first-order valence-electron chi connectivity index (χ1n) is 8.09. The second-order valence-corrected chi connectivity index (χ2v) is 6.22. The van der Waals surface area contributed by atoms with Crippen molar-refractivity contribution in [1.82, 2.24) is 20.2 Å². The molecule has 0 radical (unpaired) electrons. The number of carbonyl (C=O) groups excluding carboxylic acids is 2. The Bertz CT molecular complexity index is 589. The van der Waals surface area contributed by atoms with Gasteiger partial charge in [-0.1, -0.05) is 0 Å². The molecule has 2 amide bonds. The van der Waals surface area contributed by atoms with Gasteiger partial charge in [0.1, 0.15) is 17.9 Å². The summed E-state index contributed by atoms with van der Waals surface area (Å²) in [6.45, 7) is 2.50. The van der Waals surface area contributed by atoms with Crippen LogP contribution in [0.5, 0.6) is 0 Å². The van der Waals surface area contributed by atoms with Crippen LogP contribution in [0, 0.1) is 5.92 Å². The van der Waals surface area contributed by atoms with Crippen molar-refractivity contribution >= 4 is 11.8 Å². The van der Waals surface area contributed by atoms with E-state index in [1.807, 2.05) is 0 Å². The zero-order valence-electron chi connectivity index (χ0n) is 13.7. The number of ether oxygens (including phenoxy) is 2. The molecule has 3 rings (SSSR count). The van der Waals surface area contributed by atoms with E-state index in [0.717, 1.165) is 12.8 Å². The third-order valence-electron chi connectivity index (χ3n) is 4.68. The minimum atomic E-state index is -0.274. The number of nitrogens with zero attached hydrogens (tertiary/aromatic N) is 3. The quantitative estimate of drug-likeness (QED) is 0.778. The van der Waals surface area contributed by atoms with Crippen LogP contribution >= 0.6 is 0 Å². The molecule has 2 aliphatic heterocycles. The summed E-state index contributed by atoms with van der Waals surface area (Å²) in [5.41, 5.74) is 0.0813. The van der Waals surface area contributed by atoms with Crippen LogP contribution < -0.4 is 5.32 Å². The van der Waals surface area contributed by atoms with Gasteiger partial charge in [0.05, 0.1) is 19.3 Å². The molecule has 2 fully saturated rings. The van der Waals surface area contributed by atoms with Gasteiger partial charge in [-0.2, -0.15) is 0 Å². The van der Waals surface area contributed by atoms with Crippen molar-refractivity contribution in [2.75, 3.05) is 40.0 Å². The topological polar surface area (TPSA) is 93.7 Å². The number of hydrogen-bond acceptors (Lipinski definition) is 6. The van der Waals surface area contributed by atoms with Gasteiger partial charge in [0.15, 0.2) is 0 Å². The van der Waals surface area contributed by atoms with E-state index in [9.17, 15) is 9.59 Å². The van der Waals surface area contributed by atoms with Crippen LogP contribution in [-0.4, -0.2) is 72.2 Å². The Kier molecular flexibility index (Phi) is 5.06. The SMILES string of the molecule is COCC(=O)NCCC1CCOC12CN(C(=O)c1cnccn1)C2. The second kappa shape index (κ2) is 7.23. The van der Waals surface area contributed by atoms with Gasteiger partial charge in [-0.25, -0.2) is 4.98 Å². The molecule has 0 aliphatic carbocycles. The minimum Gasteiger partial charge on any atom is -0.375 e. The molecule has 130 valence electrons. The maximum Gasteiger partial charge on any atom is 0.274 e. The molecule has 2 saturated heterocycles. The Morgan fingerprint density at radius 1 is 1.46 bits per heavy atom. The molecule has 8 heteroatoms. The average Bonchev–Trinajstić information content (AvgIpc) is 2.98. The summed E-state index contributed by atoms with van der Waals surface area (Å²) < 4.78 is 10.7. The summed E-state index contributed by atoms with van der Waals surface area (Å²) in [4.78, 5) is 33.5. The van der Waals surface area contributed by atoms with Gasteiger partial charge in [-0.05, 0) is 18.8 Å². The Balaban J connectivity index is 1.50. The van der Waals surface area contributed by atoms with Gasteiger partial charge in [-0.15, -0.1) is 0 Å². The first-order valence-corrected chi connectivity index (χ1v) is 8.09. The molecule has 0 saturated carbocycles. The highest BCUT2D eigenvalue weighted by molar-refractivity contribution is 5.92. The molecule has 1 spiro atoms. The fourth-order valence-electron chi connectivity index (χ4n) is 3.43. The number of methoxy groups -OCH3 is 1. The summed E-state index contributed by atoms with van der Waals surface area (Å²) in [5, 5.41) is 2.84. The molecule has 1 aromatic rings. The Hall–Kier alpha value is -2.06. The fourth-order valence-corrected chi connectivity index (χ4v) is 3.43. The molecule has 8 nitrogen and oxygen atoms in total. The molecule has 0 bridgehead atoms. The first-order chi connectivity index (χ1) is 11.6. The normalized spacial score (nSPS) is 21.5. The van der Waals surface area contributed by atoms with Crippen molar-refractivity contribution in [1.29, 1.82) is 0 Å². The molecule has 1 unspecified atom stereocenters. The van der Waals surface area contributed by atoms with Crippen molar-refractivity contribution in [3.63, 3.8) is 0 Å². The predicted octanol–water partition coefficient (Wildman–Crippen LogP) is -0.140. The summed E-state index contributed by atoms with van der Waals surface area (Å²) in [5.74, 6) is 0.112. The highest BCUT2D eigenvalue weighted by Gasteiger charge is 2.54. The van der Waals surface area contributed by atoms with E-state index in [2.05, 4.69) is 15.3 Å². The lowest BCUT2D eigenvalue weighted by Gasteiger charge is -2.50. The summed E-state index contributed by atoms with van der Waals surface area (Å²) in [6, 6.07) is 0. The lowest BCUT2D eigenvalue weighted by molar-refractivity contribution is -0.126. The van der Waals surface area contributed by atoms with Crippen LogP contribution in [0.15, 0.2) is 18.6 Å². The van der Waals surface area contributed by atoms with Crippen molar-refractivity contribution in [3.05, 3.63) is 24.3 Å². The lowest BCUT2D eigenvalue weighted by Crippen LogP contribution is -2.66. The molecule has 3 heterocycles. The van der Waals surface area contributed by atoms with Gasteiger partial charge in [0.2, 0.25) is 5.91 Å². The van der Waals surface area contributed by atoms with Gasteiger partial charge < -0.3 is 19.7 Å². The molecule has 1 N–H and O–H groups in total. The van der Waals surface area contributed by atoms with E-state index in [0.29, 0.717) is 37.9 Å². The van der Waals surface area contributed by atoms with Crippen molar-refractivity contribution in [2.45, 2.75) is 18.4 Å². The molecule has 1 aromatic heterocycles. The first kappa shape index (κ1) is 16.8. The Morgan fingerprint density at radius 3 is 3.00 bits per heavy atom. The van der Waals surface area contributed by atoms with E-state index in [1.165, 1.54) is 19.5 Å².